The smallest absolute Gasteiger partial charge is 0.312 e. The van der Waals surface area contributed by atoms with Crippen LogP contribution < -0.4 is 5.32 Å². The molecule has 0 spiro atoms. The molecule has 2 aliphatic carbocycles. The maximum Gasteiger partial charge on any atom is 0.312 e. The van der Waals surface area contributed by atoms with Crippen molar-refractivity contribution in [1.82, 2.24) is 4.98 Å². The Morgan fingerprint density at radius 2 is 2.10 bits per heavy atom. The minimum atomic E-state index is -0.728. The fraction of sp³-hybridized carbons (Fsp3) is 0.750. The first-order valence-electron chi connectivity index (χ1n) is 8.20. The minimum Gasteiger partial charge on any atom is -0.481 e. The van der Waals surface area contributed by atoms with Gasteiger partial charge in [-0.2, -0.15) is 0 Å². The quantitative estimate of drug-likeness (QED) is 0.779. The van der Waals surface area contributed by atoms with Crippen LogP contribution in [0.2, 0.25) is 0 Å². The van der Waals surface area contributed by atoms with E-state index in [9.17, 15) is 9.90 Å². The number of rotatable bonds is 6. The van der Waals surface area contributed by atoms with Crippen molar-refractivity contribution in [3.63, 3.8) is 0 Å². The van der Waals surface area contributed by atoms with Crippen molar-refractivity contribution in [2.75, 3.05) is 11.9 Å². The third-order valence-corrected chi connectivity index (χ3v) is 5.88. The number of carboxylic acid groups (broad SMARTS) is 1. The lowest BCUT2D eigenvalue weighted by Crippen LogP contribution is -2.17. The SMILES string of the molecule is O=C(O)C1CCCc2sc(NCCCC3CCCC3)nc21. The summed E-state index contributed by atoms with van der Waals surface area (Å²) in [6.45, 7) is 0.959. The highest BCUT2D eigenvalue weighted by Crippen LogP contribution is 2.36. The average Bonchev–Trinajstić information content (AvgIpc) is 3.11. The lowest BCUT2D eigenvalue weighted by Gasteiger charge is -2.16. The Hall–Kier alpha value is -1.10. The van der Waals surface area contributed by atoms with Crippen LogP contribution in [0.4, 0.5) is 5.13 Å². The molecule has 1 fully saturated rings. The van der Waals surface area contributed by atoms with Crippen LogP contribution >= 0.6 is 11.3 Å². The van der Waals surface area contributed by atoms with Crippen molar-refractivity contribution in [3.05, 3.63) is 10.6 Å². The van der Waals surface area contributed by atoms with E-state index in [1.807, 2.05) is 0 Å². The number of aryl methyl sites for hydroxylation is 1. The van der Waals surface area contributed by atoms with Gasteiger partial charge in [-0.1, -0.05) is 25.7 Å². The molecule has 1 heterocycles. The lowest BCUT2D eigenvalue weighted by molar-refractivity contribution is -0.139. The van der Waals surface area contributed by atoms with E-state index in [1.165, 1.54) is 43.4 Å². The highest BCUT2D eigenvalue weighted by atomic mass is 32.1. The van der Waals surface area contributed by atoms with Gasteiger partial charge < -0.3 is 10.4 Å². The van der Waals surface area contributed by atoms with Crippen LogP contribution in [-0.2, 0) is 11.2 Å². The Morgan fingerprint density at radius 1 is 1.29 bits per heavy atom. The van der Waals surface area contributed by atoms with Crippen molar-refractivity contribution in [1.29, 1.82) is 0 Å². The molecule has 1 aromatic rings. The van der Waals surface area contributed by atoms with E-state index in [2.05, 4.69) is 10.3 Å². The molecule has 2 aliphatic rings. The molecule has 0 aliphatic heterocycles. The van der Waals surface area contributed by atoms with Crippen LogP contribution in [0.1, 0.15) is 67.9 Å². The van der Waals surface area contributed by atoms with Crippen LogP contribution in [0, 0.1) is 5.92 Å². The fourth-order valence-electron chi connectivity index (χ4n) is 3.62. The predicted molar refractivity (Wildman–Crippen MR) is 85.1 cm³/mol. The van der Waals surface area contributed by atoms with Crippen LogP contribution in [0.5, 0.6) is 0 Å². The number of fused-ring (bicyclic) bond motifs is 1. The summed E-state index contributed by atoms with van der Waals surface area (Å²) >= 11 is 1.65. The fourth-order valence-corrected chi connectivity index (χ4v) is 4.71. The van der Waals surface area contributed by atoms with Gasteiger partial charge in [0.25, 0.3) is 0 Å². The number of thiazole rings is 1. The molecule has 0 aromatic carbocycles. The van der Waals surface area contributed by atoms with Crippen LogP contribution in [-0.4, -0.2) is 22.6 Å². The molecule has 21 heavy (non-hydrogen) atoms. The number of nitrogens with one attached hydrogen (secondary N) is 1. The molecule has 0 radical (unpaired) electrons. The molecular weight excluding hydrogens is 284 g/mol. The summed E-state index contributed by atoms with van der Waals surface area (Å²) in [5.41, 5.74) is 0.817. The van der Waals surface area contributed by atoms with Gasteiger partial charge in [-0.05, 0) is 38.0 Å². The maximum atomic E-state index is 11.3. The van der Waals surface area contributed by atoms with E-state index >= 15 is 0 Å². The van der Waals surface area contributed by atoms with Gasteiger partial charge in [0.1, 0.15) is 5.92 Å². The summed E-state index contributed by atoms with van der Waals surface area (Å²) in [5.74, 6) is -0.180. The molecule has 2 N–H and O–H groups in total. The number of hydrogen-bond donors (Lipinski definition) is 2. The molecule has 0 amide bonds. The Labute approximate surface area is 130 Å². The maximum absolute atomic E-state index is 11.3. The molecule has 4 nitrogen and oxygen atoms in total. The zero-order valence-electron chi connectivity index (χ0n) is 12.4. The Bertz CT molecular complexity index is 494. The van der Waals surface area contributed by atoms with Crippen LogP contribution in [0.15, 0.2) is 0 Å². The van der Waals surface area contributed by atoms with E-state index in [-0.39, 0.29) is 5.92 Å². The molecular formula is C16H24N2O2S. The monoisotopic (exact) mass is 308 g/mol. The second kappa shape index (κ2) is 6.77. The summed E-state index contributed by atoms with van der Waals surface area (Å²) in [6, 6.07) is 0. The molecule has 0 saturated heterocycles. The normalized spacial score (nSPS) is 22.2. The Balaban J connectivity index is 1.51. The largest absolute Gasteiger partial charge is 0.481 e. The Morgan fingerprint density at radius 3 is 2.86 bits per heavy atom. The topological polar surface area (TPSA) is 62.2 Å². The Kier molecular flexibility index (Phi) is 4.78. The van der Waals surface area contributed by atoms with Crippen molar-refractivity contribution < 1.29 is 9.90 Å². The van der Waals surface area contributed by atoms with Crippen LogP contribution in [0.3, 0.4) is 0 Å². The zero-order chi connectivity index (χ0) is 14.7. The van der Waals surface area contributed by atoms with Crippen molar-refractivity contribution in [2.45, 2.75) is 63.7 Å². The summed E-state index contributed by atoms with van der Waals surface area (Å²) in [7, 11) is 0. The summed E-state index contributed by atoms with van der Waals surface area (Å²) < 4.78 is 0. The van der Waals surface area contributed by atoms with Gasteiger partial charge in [0.2, 0.25) is 0 Å². The van der Waals surface area contributed by atoms with Crippen molar-refractivity contribution in [2.24, 2.45) is 5.92 Å². The van der Waals surface area contributed by atoms with Gasteiger partial charge in [0.15, 0.2) is 5.13 Å². The second-order valence-electron chi connectivity index (χ2n) is 6.33. The molecule has 0 bridgehead atoms. The van der Waals surface area contributed by atoms with Crippen molar-refractivity contribution in [3.8, 4) is 0 Å². The number of hydrogen-bond acceptors (Lipinski definition) is 4. The third kappa shape index (κ3) is 3.57. The molecule has 1 aromatic heterocycles. The van der Waals surface area contributed by atoms with E-state index in [1.54, 1.807) is 11.3 Å². The van der Waals surface area contributed by atoms with Gasteiger partial charge in [-0.25, -0.2) is 4.98 Å². The number of aromatic nitrogens is 1. The third-order valence-electron chi connectivity index (χ3n) is 4.79. The number of carbonyl (C=O) groups is 1. The first-order valence-corrected chi connectivity index (χ1v) is 9.02. The average molecular weight is 308 g/mol. The molecule has 1 unspecified atom stereocenters. The summed E-state index contributed by atoms with van der Waals surface area (Å²) in [6.07, 6.45) is 10.8. The molecule has 5 heteroatoms. The minimum absolute atomic E-state index is 0.390. The first-order chi connectivity index (χ1) is 10.2. The standard InChI is InChI=1S/C16H24N2O2S/c19-15(20)12-8-3-9-13-14(12)18-16(21-13)17-10-4-7-11-5-1-2-6-11/h11-12H,1-10H2,(H,17,18)(H,19,20). The number of anilines is 1. The van der Waals surface area contributed by atoms with Gasteiger partial charge in [-0.15, -0.1) is 11.3 Å². The van der Waals surface area contributed by atoms with Gasteiger partial charge in [0.05, 0.1) is 5.69 Å². The van der Waals surface area contributed by atoms with E-state index in [0.717, 1.165) is 42.6 Å². The van der Waals surface area contributed by atoms with E-state index < -0.39 is 5.97 Å². The number of carboxylic acids is 1. The summed E-state index contributed by atoms with van der Waals surface area (Å²) in [5, 5.41) is 13.6. The molecule has 3 rings (SSSR count). The van der Waals surface area contributed by atoms with Crippen molar-refractivity contribution >= 4 is 22.4 Å². The number of nitrogens with zero attached hydrogens (tertiary/aromatic N) is 1. The van der Waals surface area contributed by atoms with E-state index in [0.29, 0.717) is 0 Å². The zero-order valence-corrected chi connectivity index (χ0v) is 13.3. The van der Waals surface area contributed by atoms with E-state index in [4.69, 9.17) is 0 Å². The first kappa shape index (κ1) is 14.8. The van der Waals surface area contributed by atoms with Gasteiger partial charge in [-0.3, -0.25) is 4.79 Å². The highest BCUT2D eigenvalue weighted by Gasteiger charge is 2.29. The lowest BCUT2D eigenvalue weighted by atomic mass is 9.91. The second-order valence-corrected chi connectivity index (χ2v) is 7.41. The highest BCUT2D eigenvalue weighted by molar-refractivity contribution is 7.15. The number of aliphatic carboxylic acids is 1. The molecule has 1 saturated carbocycles. The predicted octanol–water partition coefficient (Wildman–Crippen LogP) is 4.03. The van der Waals surface area contributed by atoms with Crippen LogP contribution in [0.25, 0.3) is 0 Å². The molecule has 116 valence electrons. The van der Waals surface area contributed by atoms with Gasteiger partial charge >= 0.3 is 5.97 Å². The molecule has 1 atom stereocenters. The summed E-state index contributed by atoms with van der Waals surface area (Å²) in [4.78, 5) is 17.0. The van der Waals surface area contributed by atoms with Gasteiger partial charge in [0, 0.05) is 11.4 Å².